The van der Waals surface area contributed by atoms with Gasteiger partial charge in [0.25, 0.3) is 0 Å². The highest BCUT2D eigenvalue weighted by molar-refractivity contribution is 6.00. The molecular formula is C27H28FN7O2. The summed E-state index contributed by atoms with van der Waals surface area (Å²) < 4.78 is 22.2. The smallest absolute Gasteiger partial charge is 0.323 e. The number of urea groups is 1. The van der Waals surface area contributed by atoms with Crippen LogP contribution in [0.5, 0.6) is 11.5 Å². The van der Waals surface area contributed by atoms with Crippen LogP contribution >= 0.6 is 0 Å². The molecule has 5 rings (SSSR count). The fraction of sp³-hybridized carbons (Fsp3) is 0.222. The number of aryl methyl sites for hydroxylation is 1. The van der Waals surface area contributed by atoms with Gasteiger partial charge < -0.3 is 25.2 Å². The first-order chi connectivity index (χ1) is 17.9. The maximum atomic E-state index is 14.8. The van der Waals surface area contributed by atoms with Crippen LogP contribution in [0.15, 0.2) is 73.2 Å². The molecule has 190 valence electrons. The van der Waals surface area contributed by atoms with E-state index in [2.05, 4.69) is 37.6 Å². The molecule has 10 heteroatoms. The predicted molar refractivity (Wildman–Crippen MR) is 142 cm³/mol. The summed E-state index contributed by atoms with van der Waals surface area (Å²) in [6, 6.07) is 14.9. The summed E-state index contributed by atoms with van der Waals surface area (Å²) in [7, 11) is 3.93. The number of carbonyl (C=O) groups excluding carboxylic acids is 1. The van der Waals surface area contributed by atoms with Crippen molar-refractivity contribution in [1.82, 2.24) is 19.7 Å². The minimum absolute atomic E-state index is 0.0363. The van der Waals surface area contributed by atoms with Crippen LogP contribution in [0.4, 0.5) is 26.2 Å². The molecule has 0 bridgehead atoms. The number of amides is 2. The summed E-state index contributed by atoms with van der Waals surface area (Å²) in [6.07, 6.45) is 5.12. The zero-order chi connectivity index (χ0) is 25.8. The lowest BCUT2D eigenvalue weighted by Crippen LogP contribution is -2.44. The Labute approximate surface area is 214 Å². The van der Waals surface area contributed by atoms with Crippen molar-refractivity contribution in [2.45, 2.75) is 0 Å². The van der Waals surface area contributed by atoms with E-state index in [9.17, 15) is 9.18 Å². The Morgan fingerprint density at radius 3 is 2.49 bits per heavy atom. The normalized spacial score (nSPS) is 13.9. The number of halogens is 1. The van der Waals surface area contributed by atoms with E-state index in [0.29, 0.717) is 22.8 Å². The van der Waals surface area contributed by atoms with Gasteiger partial charge in [0.1, 0.15) is 5.75 Å². The van der Waals surface area contributed by atoms with Gasteiger partial charge in [-0.25, -0.2) is 9.18 Å². The lowest BCUT2D eigenvalue weighted by Gasteiger charge is -2.34. The molecule has 0 unspecified atom stereocenters. The van der Waals surface area contributed by atoms with E-state index >= 15 is 0 Å². The SMILES string of the molecule is CN1CCN(c2cccc(NC(=O)Nc3ccc(Oc4ccnc(-c5cnn(C)c5)c4)c(F)c3)c2)CC1. The van der Waals surface area contributed by atoms with Gasteiger partial charge >= 0.3 is 6.03 Å². The molecule has 1 saturated heterocycles. The molecule has 0 radical (unpaired) electrons. The number of carbonyl (C=O) groups is 1. The summed E-state index contributed by atoms with van der Waals surface area (Å²) in [4.78, 5) is 21.5. The number of hydrogen-bond donors (Lipinski definition) is 2. The summed E-state index contributed by atoms with van der Waals surface area (Å²) >= 11 is 0. The minimum atomic E-state index is -0.602. The molecule has 3 heterocycles. The van der Waals surface area contributed by atoms with Gasteiger partial charge in [0.2, 0.25) is 0 Å². The molecule has 2 aromatic carbocycles. The van der Waals surface area contributed by atoms with Gasteiger partial charge in [-0.15, -0.1) is 0 Å². The number of ether oxygens (including phenoxy) is 1. The number of likely N-dealkylation sites (N-methyl/N-ethyl adjacent to an activating group) is 1. The van der Waals surface area contributed by atoms with Crippen LogP contribution in [0.1, 0.15) is 0 Å². The number of benzene rings is 2. The summed E-state index contributed by atoms with van der Waals surface area (Å²) in [5.74, 6) is -0.129. The Bertz CT molecular complexity index is 1400. The summed E-state index contributed by atoms with van der Waals surface area (Å²) in [6.45, 7) is 3.86. The van der Waals surface area contributed by atoms with Crippen LogP contribution in [-0.4, -0.2) is 58.9 Å². The zero-order valence-corrected chi connectivity index (χ0v) is 20.7. The maximum Gasteiger partial charge on any atom is 0.323 e. The van der Waals surface area contributed by atoms with E-state index in [0.717, 1.165) is 37.4 Å². The molecule has 4 aromatic rings. The summed E-state index contributed by atoms with van der Waals surface area (Å²) in [5.41, 5.74) is 3.52. The summed E-state index contributed by atoms with van der Waals surface area (Å²) in [5, 5.41) is 9.64. The molecule has 0 atom stereocenters. The van der Waals surface area contributed by atoms with Gasteiger partial charge in [-0.3, -0.25) is 9.67 Å². The zero-order valence-electron chi connectivity index (χ0n) is 20.7. The second kappa shape index (κ2) is 10.7. The Kier molecular flexibility index (Phi) is 7.00. The third-order valence-corrected chi connectivity index (χ3v) is 6.12. The average molecular weight is 502 g/mol. The third kappa shape index (κ3) is 6.04. The Morgan fingerprint density at radius 1 is 0.973 bits per heavy atom. The Morgan fingerprint density at radius 2 is 1.76 bits per heavy atom. The number of aromatic nitrogens is 3. The number of hydrogen-bond acceptors (Lipinski definition) is 6. The van der Waals surface area contributed by atoms with Crippen LogP contribution in [0.3, 0.4) is 0 Å². The van der Waals surface area contributed by atoms with Crippen molar-refractivity contribution in [2.75, 3.05) is 48.8 Å². The largest absolute Gasteiger partial charge is 0.454 e. The highest BCUT2D eigenvalue weighted by Gasteiger charge is 2.15. The molecule has 2 aromatic heterocycles. The standard InChI is InChI=1S/C27H28FN7O2/c1-33-10-12-35(13-11-33)22-5-3-4-20(14-22)31-27(36)32-21-6-7-26(24(28)15-21)37-23-8-9-29-25(16-23)19-17-30-34(2)18-19/h3-9,14-18H,10-13H2,1-2H3,(H2,31,32,36). The number of nitrogens with one attached hydrogen (secondary N) is 2. The molecule has 1 fully saturated rings. The van der Waals surface area contributed by atoms with Crippen LogP contribution in [0, 0.1) is 5.82 Å². The van der Waals surface area contributed by atoms with Gasteiger partial charge in [0, 0.05) is 80.4 Å². The molecule has 0 spiro atoms. The highest BCUT2D eigenvalue weighted by atomic mass is 19.1. The lowest BCUT2D eigenvalue weighted by atomic mass is 10.2. The number of anilines is 3. The maximum absolute atomic E-state index is 14.8. The van der Waals surface area contributed by atoms with Crippen molar-refractivity contribution < 1.29 is 13.9 Å². The first kappa shape index (κ1) is 24.3. The minimum Gasteiger partial charge on any atom is -0.454 e. The van der Waals surface area contributed by atoms with Crippen LogP contribution < -0.4 is 20.3 Å². The number of pyridine rings is 1. The van der Waals surface area contributed by atoms with Crippen LogP contribution in [0.25, 0.3) is 11.3 Å². The molecular weight excluding hydrogens is 473 g/mol. The quantitative estimate of drug-likeness (QED) is 0.394. The third-order valence-electron chi connectivity index (χ3n) is 6.12. The van der Waals surface area contributed by atoms with Crippen LogP contribution in [0.2, 0.25) is 0 Å². The molecule has 0 aliphatic carbocycles. The van der Waals surface area contributed by atoms with E-state index < -0.39 is 11.8 Å². The second-order valence-electron chi connectivity index (χ2n) is 8.95. The van der Waals surface area contributed by atoms with Gasteiger partial charge in [-0.1, -0.05) is 6.07 Å². The molecule has 2 amide bonds. The molecule has 1 aliphatic heterocycles. The van der Waals surface area contributed by atoms with E-state index in [1.54, 1.807) is 35.3 Å². The second-order valence-corrected chi connectivity index (χ2v) is 8.95. The van der Waals surface area contributed by atoms with Gasteiger partial charge in [-0.05, 0) is 43.4 Å². The van der Waals surface area contributed by atoms with Crippen molar-refractivity contribution in [3.63, 3.8) is 0 Å². The topological polar surface area (TPSA) is 87.6 Å². The number of nitrogens with zero attached hydrogens (tertiary/aromatic N) is 5. The monoisotopic (exact) mass is 501 g/mol. The first-order valence-electron chi connectivity index (χ1n) is 12.0. The first-order valence-corrected chi connectivity index (χ1v) is 12.0. The van der Waals surface area contributed by atoms with Gasteiger partial charge in [-0.2, -0.15) is 5.10 Å². The fourth-order valence-corrected chi connectivity index (χ4v) is 4.11. The predicted octanol–water partition coefficient (Wildman–Crippen LogP) is 4.81. The van der Waals surface area contributed by atoms with Crippen LogP contribution in [-0.2, 0) is 7.05 Å². The van der Waals surface area contributed by atoms with Crippen molar-refractivity contribution in [2.24, 2.45) is 7.05 Å². The van der Waals surface area contributed by atoms with E-state index in [4.69, 9.17) is 4.74 Å². The molecule has 9 nitrogen and oxygen atoms in total. The lowest BCUT2D eigenvalue weighted by molar-refractivity contribution is 0.262. The number of rotatable bonds is 6. The van der Waals surface area contributed by atoms with Crippen molar-refractivity contribution >= 4 is 23.1 Å². The van der Waals surface area contributed by atoms with E-state index in [1.165, 1.54) is 12.1 Å². The Balaban J connectivity index is 1.21. The van der Waals surface area contributed by atoms with Gasteiger partial charge in [0.15, 0.2) is 11.6 Å². The van der Waals surface area contributed by atoms with E-state index in [-0.39, 0.29) is 5.75 Å². The molecule has 1 aliphatic rings. The Hall–Kier alpha value is -4.44. The van der Waals surface area contributed by atoms with Crippen molar-refractivity contribution in [3.05, 3.63) is 79.0 Å². The van der Waals surface area contributed by atoms with E-state index in [1.807, 2.05) is 37.5 Å². The van der Waals surface area contributed by atoms with Crippen molar-refractivity contribution in [3.8, 4) is 22.8 Å². The number of piperazine rings is 1. The molecule has 0 saturated carbocycles. The van der Waals surface area contributed by atoms with Gasteiger partial charge in [0.05, 0.1) is 11.9 Å². The molecule has 37 heavy (non-hydrogen) atoms. The fourth-order valence-electron chi connectivity index (χ4n) is 4.11. The average Bonchev–Trinajstić information content (AvgIpc) is 3.33. The highest BCUT2D eigenvalue weighted by Crippen LogP contribution is 2.29. The molecule has 2 N–H and O–H groups in total. The van der Waals surface area contributed by atoms with Crippen molar-refractivity contribution in [1.29, 1.82) is 0 Å².